The first-order valence-corrected chi connectivity index (χ1v) is 10.9. The summed E-state index contributed by atoms with van der Waals surface area (Å²) in [5.41, 5.74) is 0.394. The van der Waals surface area contributed by atoms with Crippen LogP contribution in [0.3, 0.4) is 0 Å². The molecular weight excluding hydrogens is 364 g/mol. The monoisotopic (exact) mass is 396 g/mol. The van der Waals surface area contributed by atoms with Gasteiger partial charge in [-0.3, -0.25) is 0 Å². The number of carbonyl (C=O) groups excluding carboxylic acids is 1. The highest BCUT2D eigenvalue weighted by Gasteiger charge is 2.38. The number of hydrogen-bond donors (Lipinski definition) is 1. The maximum absolute atomic E-state index is 12.5. The molecule has 27 heavy (non-hydrogen) atoms. The Balaban J connectivity index is 2.21. The van der Waals surface area contributed by atoms with Crippen LogP contribution in [0.25, 0.3) is 0 Å². The van der Waals surface area contributed by atoms with Gasteiger partial charge in [-0.2, -0.15) is 0 Å². The minimum absolute atomic E-state index is 0.195. The number of nitrogens with one attached hydrogen (secondary N) is 1. The van der Waals surface area contributed by atoms with Crippen LogP contribution >= 0.6 is 0 Å². The second-order valence-electron chi connectivity index (χ2n) is 9.15. The largest absolute Gasteiger partial charge is 0.367 e. The van der Waals surface area contributed by atoms with Gasteiger partial charge in [0.1, 0.15) is 0 Å². The molecular formula is C20H32N2O4S. The van der Waals surface area contributed by atoms with Crippen molar-refractivity contribution < 1.29 is 18.0 Å². The molecule has 2 unspecified atom stereocenters. The smallest absolute Gasteiger partial charge is 0.330 e. The van der Waals surface area contributed by atoms with Gasteiger partial charge in [0.2, 0.25) is 10.0 Å². The normalized spacial score (nSPS) is 22.4. The van der Waals surface area contributed by atoms with E-state index in [1.165, 1.54) is 0 Å². The zero-order valence-corrected chi connectivity index (χ0v) is 18.0. The van der Waals surface area contributed by atoms with E-state index in [2.05, 4.69) is 4.72 Å². The van der Waals surface area contributed by atoms with Gasteiger partial charge in [0, 0.05) is 12.6 Å². The van der Waals surface area contributed by atoms with E-state index >= 15 is 0 Å². The molecule has 1 aliphatic rings. The molecule has 1 aliphatic heterocycles. The topological polar surface area (TPSA) is 75.7 Å². The lowest BCUT2D eigenvalue weighted by Gasteiger charge is -2.39. The molecule has 1 aromatic carbocycles. The highest BCUT2D eigenvalue weighted by Crippen LogP contribution is 2.33. The number of hydroxylamine groups is 2. The van der Waals surface area contributed by atoms with Crippen LogP contribution in [0.2, 0.25) is 0 Å². The Labute approximate surface area is 163 Å². The highest BCUT2D eigenvalue weighted by atomic mass is 32.2. The van der Waals surface area contributed by atoms with Crippen molar-refractivity contribution >= 4 is 16.0 Å². The van der Waals surface area contributed by atoms with E-state index in [9.17, 15) is 13.2 Å². The molecule has 1 saturated heterocycles. The molecule has 1 fully saturated rings. The Morgan fingerprint density at radius 1 is 1.11 bits per heavy atom. The second kappa shape index (κ2) is 7.89. The standard InChI is InChI=1S/C20H32N2O4S/c1-19(2,3)18(23)26-22-13-12-16(21-27(24,25)20(4,5)6)14-17(22)15-10-8-7-9-11-15/h7-11,16-17,21H,12-14H2,1-6H3. The molecule has 0 radical (unpaired) electrons. The van der Waals surface area contributed by atoms with Crippen LogP contribution in [-0.2, 0) is 19.7 Å². The van der Waals surface area contributed by atoms with Crippen molar-refractivity contribution in [2.45, 2.75) is 71.2 Å². The van der Waals surface area contributed by atoms with Gasteiger partial charge in [-0.25, -0.2) is 17.9 Å². The predicted octanol–water partition coefficient (Wildman–Crippen LogP) is 3.41. The minimum Gasteiger partial charge on any atom is -0.367 e. The summed E-state index contributed by atoms with van der Waals surface area (Å²) in [6.07, 6.45) is 1.12. The van der Waals surface area contributed by atoms with E-state index in [1.54, 1.807) is 25.8 Å². The fourth-order valence-corrected chi connectivity index (χ4v) is 3.78. The molecule has 0 spiro atoms. The minimum atomic E-state index is -3.44. The molecule has 1 heterocycles. The Bertz CT molecular complexity index is 748. The summed E-state index contributed by atoms with van der Waals surface area (Å²) in [6.45, 7) is 11.0. The van der Waals surface area contributed by atoms with Gasteiger partial charge in [-0.15, -0.1) is 5.06 Å². The first-order chi connectivity index (χ1) is 12.3. The maximum Gasteiger partial charge on any atom is 0.330 e. The average molecular weight is 397 g/mol. The summed E-state index contributed by atoms with van der Waals surface area (Å²) in [7, 11) is -3.44. The van der Waals surface area contributed by atoms with Crippen molar-refractivity contribution in [3.8, 4) is 0 Å². The SMILES string of the molecule is CC(C)(C)C(=O)ON1CCC(NS(=O)(=O)C(C)(C)C)CC1c1ccccc1. The van der Waals surface area contributed by atoms with E-state index in [0.717, 1.165) is 5.56 Å². The van der Waals surface area contributed by atoms with Gasteiger partial charge in [-0.05, 0) is 59.9 Å². The van der Waals surface area contributed by atoms with E-state index in [-0.39, 0.29) is 18.1 Å². The molecule has 1 N–H and O–H groups in total. The first kappa shape index (κ1) is 21.9. The van der Waals surface area contributed by atoms with Crippen molar-refractivity contribution in [1.29, 1.82) is 0 Å². The van der Waals surface area contributed by atoms with Crippen molar-refractivity contribution in [3.63, 3.8) is 0 Å². The van der Waals surface area contributed by atoms with Gasteiger partial charge in [-0.1, -0.05) is 30.3 Å². The lowest BCUT2D eigenvalue weighted by Crippen LogP contribution is -2.50. The van der Waals surface area contributed by atoms with Crippen molar-refractivity contribution in [2.75, 3.05) is 6.54 Å². The first-order valence-electron chi connectivity index (χ1n) is 9.37. The van der Waals surface area contributed by atoms with Crippen LogP contribution in [0.15, 0.2) is 30.3 Å². The summed E-state index contributed by atoms with van der Waals surface area (Å²) < 4.78 is 27.1. The quantitative estimate of drug-likeness (QED) is 0.844. The lowest BCUT2D eigenvalue weighted by atomic mass is 9.94. The molecule has 0 amide bonds. The number of hydrogen-bond acceptors (Lipinski definition) is 5. The Morgan fingerprint density at radius 2 is 1.70 bits per heavy atom. The van der Waals surface area contributed by atoms with E-state index in [4.69, 9.17) is 4.84 Å². The van der Waals surface area contributed by atoms with Crippen LogP contribution in [0.1, 0.15) is 66.0 Å². The summed E-state index contributed by atoms with van der Waals surface area (Å²) in [5.74, 6) is -0.294. The third kappa shape index (κ3) is 5.53. The molecule has 0 bridgehead atoms. The van der Waals surface area contributed by atoms with Crippen molar-refractivity contribution in [2.24, 2.45) is 5.41 Å². The van der Waals surface area contributed by atoms with Gasteiger partial charge in [0.05, 0.1) is 16.2 Å². The molecule has 1 aromatic rings. The van der Waals surface area contributed by atoms with Crippen LogP contribution in [-0.4, -0.2) is 36.8 Å². The summed E-state index contributed by atoms with van der Waals surface area (Å²) >= 11 is 0. The molecule has 0 aromatic heterocycles. The molecule has 152 valence electrons. The van der Waals surface area contributed by atoms with Gasteiger partial charge in [0.15, 0.2) is 0 Å². The average Bonchev–Trinajstić information content (AvgIpc) is 2.54. The zero-order chi connectivity index (χ0) is 20.5. The number of nitrogens with zero attached hydrogens (tertiary/aromatic N) is 1. The Morgan fingerprint density at radius 3 is 2.22 bits per heavy atom. The van der Waals surface area contributed by atoms with Crippen LogP contribution in [0, 0.1) is 5.41 Å². The number of sulfonamides is 1. The summed E-state index contributed by atoms with van der Waals surface area (Å²) in [5, 5.41) is 1.70. The molecule has 7 heteroatoms. The zero-order valence-electron chi connectivity index (χ0n) is 17.2. The summed E-state index contributed by atoms with van der Waals surface area (Å²) in [6, 6.07) is 9.34. The molecule has 2 rings (SSSR count). The Hall–Kier alpha value is -1.44. The van der Waals surface area contributed by atoms with E-state index < -0.39 is 20.2 Å². The molecule has 2 atom stereocenters. The lowest BCUT2D eigenvalue weighted by molar-refractivity contribution is -0.219. The highest BCUT2D eigenvalue weighted by molar-refractivity contribution is 7.90. The number of rotatable bonds is 4. The van der Waals surface area contributed by atoms with E-state index in [1.807, 2.05) is 51.1 Å². The molecule has 0 saturated carbocycles. The fraction of sp³-hybridized carbons (Fsp3) is 0.650. The Kier molecular flexibility index (Phi) is 6.39. The van der Waals surface area contributed by atoms with Crippen molar-refractivity contribution in [1.82, 2.24) is 9.79 Å². The van der Waals surface area contributed by atoms with Gasteiger partial charge >= 0.3 is 5.97 Å². The fourth-order valence-electron chi connectivity index (χ4n) is 2.78. The van der Waals surface area contributed by atoms with Crippen molar-refractivity contribution in [3.05, 3.63) is 35.9 Å². The van der Waals surface area contributed by atoms with E-state index in [0.29, 0.717) is 19.4 Å². The predicted molar refractivity (Wildman–Crippen MR) is 106 cm³/mol. The van der Waals surface area contributed by atoms with Crippen LogP contribution < -0.4 is 4.72 Å². The van der Waals surface area contributed by atoms with Crippen LogP contribution in [0.4, 0.5) is 0 Å². The second-order valence-corrected chi connectivity index (χ2v) is 11.6. The third-order valence-corrected chi connectivity index (χ3v) is 6.93. The maximum atomic E-state index is 12.5. The summed E-state index contributed by atoms with van der Waals surface area (Å²) in [4.78, 5) is 18.1. The number of benzene rings is 1. The molecule has 6 nitrogen and oxygen atoms in total. The number of carbonyl (C=O) groups is 1. The van der Waals surface area contributed by atoms with Gasteiger partial charge in [0.25, 0.3) is 0 Å². The number of piperidine rings is 1. The molecule has 0 aliphatic carbocycles. The van der Waals surface area contributed by atoms with Crippen LogP contribution in [0.5, 0.6) is 0 Å². The third-order valence-electron chi connectivity index (χ3n) is 4.68. The van der Waals surface area contributed by atoms with Gasteiger partial charge < -0.3 is 4.84 Å².